The van der Waals surface area contributed by atoms with Gasteiger partial charge in [0.1, 0.15) is 5.82 Å². The van der Waals surface area contributed by atoms with Gasteiger partial charge in [0.2, 0.25) is 0 Å². The molecule has 2 bridgehead atoms. The Hall–Kier alpha value is -1.62. The Morgan fingerprint density at radius 2 is 1.85 bits per heavy atom. The Morgan fingerprint density at radius 3 is 2.40 bits per heavy atom. The molecule has 3 rings (SSSR count). The van der Waals surface area contributed by atoms with E-state index in [0.29, 0.717) is 5.69 Å². The van der Waals surface area contributed by atoms with E-state index in [1.807, 2.05) is 4.90 Å². The largest absolute Gasteiger partial charge is 0.381 e. The first-order valence-corrected chi connectivity index (χ1v) is 7.05. The number of fused-ring (bicyclic) bond motifs is 2. The Kier molecular flexibility index (Phi) is 3.61. The Labute approximate surface area is 117 Å². The predicted octanol–water partition coefficient (Wildman–Crippen LogP) is 3.00. The van der Waals surface area contributed by atoms with Crippen molar-refractivity contribution < 1.29 is 13.9 Å². The average Bonchev–Trinajstić information content (AvgIpc) is 2.72. The standard InChI is InChI=1S/C15H19FN2O2/c1-20-14-8-12-6-7-13(9-14)18(12)15(19)17-11-4-2-10(16)3-5-11/h2-5,12-14H,6-9H2,1H3,(H,17,19). The maximum atomic E-state index is 12.9. The summed E-state index contributed by atoms with van der Waals surface area (Å²) in [5, 5.41) is 2.85. The highest BCUT2D eigenvalue weighted by Gasteiger charge is 2.43. The number of anilines is 1. The highest BCUT2D eigenvalue weighted by Crippen LogP contribution is 2.37. The van der Waals surface area contributed by atoms with Gasteiger partial charge in [-0.05, 0) is 49.9 Å². The summed E-state index contributed by atoms with van der Waals surface area (Å²) in [4.78, 5) is 14.3. The fraction of sp³-hybridized carbons (Fsp3) is 0.533. The number of benzene rings is 1. The summed E-state index contributed by atoms with van der Waals surface area (Å²) in [6, 6.07) is 6.30. The lowest BCUT2D eigenvalue weighted by atomic mass is 10.0. The number of rotatable bonds is 2. The van der Waals surface area contributed by atoms with Crippen molar-refractivity contribution in [2.24, 2.45) is 0 Å². The van der Waals surface area contributed by atoms with Crippen molar-refractivity contribution in [3.8, 4) is 0 Å². The maximum absolute atomic E-state index is 12.9. The van der Waals surface area contributed by atoms with Gasteiger partial charge in [0.05, 0.1) is 6.10 Å². The van der Waals surface area contributed by atoms with E-state index in [-0.39, 0.29) is 30.0 Å². The normalized spacial score (nSPS) is 28.5. The first-order chi connectivity index (χ1) is 9.67. The molecular formula is C15H19FN2O2. The zero-order chi connectivity index (χ0) is 14.1. The number of carbonyl (C=O) groups is 1. The fourth-order valence-electron chi connectivity index (χ4n) is 3.37. The maximum Gasteiger partial charge on any atom is 0.322 e. The molecule has 2 saturated heterocycles. The zero-order valence-electron chi connectivity index (χ0n) is 11.5. The van der Waals surface area contributed by atoms with Crippen LogP contribution in [0.1, 0.15) is 25.7 Å². The fourth-order valence-corrected chi connectivity index (χ4v) is 3.37. The average molecular weight is 278 g/mol. The van der Waals surface area contributed by atoms with Gasteiger partial charge in [-0.3, -0.25) is 0 Å². The molecule has 4 nitrogen and oxygen atoms in total. The van der Waals surface area contributed by atoms with Crippen LogP contribution < -0.4 is 5.32 Å². The molecule has 1 N–H and O–H groups in total. The van der Waals surface area contributed by atoms with Gasteiger partial charge in [-0.15, -0.1) is 0 Å². The minimum absolute atomic E-state index is 0.0846. The third kappa shape index (κ3) is 2.50. The van der Waals surface area contributed by atoms with Gasteiger partial charge in [0, 0.05) is 24.9 Å². The van der Waals surface area contributed by atoms with Crippen molar-refractivity contribution in [2.45, 2.75) is 43.9 Å². The lowest BCUT2D eigenvalue weighted by Crippen LogP contribution is -2.50. The second-order valence-electron chi connectivity index (χ2n) is 5.56. The van der Waals surface area contributed by atoms with E-state index in [9.17, 15) is 9.18 Å². The topological polar surface area (TPSA) is 41.6 Å². The van der Waals surface area contributed by atoms with Crippen LogP contribution in [0.5, 0.6) is 0 Å². The van der Waals surface area contributed by atoms with E-state index in [4.69, 9.17) is 4.74 Å². The van der Waals surface area contributed by atoms with Crippen LogP contribution in [0.25, 0.3) is 0 Å². The summed E-state index contributed by atoms with van der Waals surface area (Å²) < 4.78 is 18.3. The van der Waals surface area contributed by atoms with Crippen LogP contribution in [0.4, 0.5) is 14.9 Å². The number of carbonyl (C=O) groups excluding carboxylic acids is 1. The quantitative estimate of drug-likeness (QED) is 0.903. The molecule has 2 aliphatic rings. The molecule has 1 aromatic carbocycles. The molecule has 2 unspecified atom stereocenters. The molecule has 0 aromatic heterocycles. The second-order valence-corrected chi connectivity index (χ2v) is 5.56. The van der Waals surface area contributed by atoms with Crippen LogP contribution in [-0.2, 0) is 4.74 Å². The van der Waals surface area contributed by atoms with Crippen LogP contribution in [0.2, 0.25) is 0 Å². The van der Waals surface area contributed by atoms with E-state index < -0.39 is 0 Å². The number of halogens is 1. The summed E-state index contributed by atoms with van der Waals surface area (Å²) in [6.45, 7) is 0. The van der Waals surface area contributed by atoms with E-state index >= 15 is 0 Å². The summed E-state index contributed by atoms with van der Waals surface area (Å²) in [5.41, 5.74) is 0.629. The van der Waals surface area contributed by atoms with Gasteiger partial charge >= 0.3 is 6.03 Å². The van der Waals surface area contributed by atoms with Crippen molar-refractivity contribution in [3.05, 3.63) is 30.1 Å². The number of hydrogen-bond acceptors (Lipinski definition) is 2. The predicted molar refractivity (Wildman–Crippen MR) is 74.1 cm³/mol. The Bertz CT molecular complexity index is 477. The molecule has 0 spiro atoms. The third-order valence-electron chi connectivity index (χ3n) is 4.35. The summed E-state index contributed by atoms with van der Waals surface area (Å²) in [7, 11) is 1.73. The minimum atomic E-state index is -0.302. The molecule has 2 fully saturated rings. The van der Waals surface area contributed by atoms with Gasteiger partial charge in [0.25, 0.3) is 0 Å². The number of amides is 2. The SMILES string of the molecule is COC1CC2CCC(C1)N2C(=O)Nc1ccc(F)cc1. The van der Waals surface area contributed by atoms with E-state index in [1.165, 1.54) is 12.1 Å². The molecule has 20 heavy (non-hydrogen) atoms. The van der Waals surface area contributed by atoms with Crippen molar-refractivity contribution >= 4 is 11.7 Å². The Morgan fingerprint density at radius 1 is 1.25 bits per heavy atom. The smallest absolute Gasteiger partial charge is 0.322 e. The molecular weight excluding hydrogens is 259 g/mol. The van der Waals surface area contributed by atoms with Crippen LogP contribution in [0, 0.1) is 5.82 Å². The van der Waals surface area contributed by atoms with Crippen molar-refractivity contribution in [3.63, 3.8) is 0 Å². The number of nitrogens with zero attached hydrogens (tertiary/aromatic N) is 1. The van der Waals surface area contributed by atoms with Gasteiger partial charge in [-0.25, -0.2) is 9.18 Å². The summed E-state index contributed by atoms with van der Waals surface area (Å²) in [6.07, 6.45) is 4.17. The number of hydrogen-bond donors (Lipinski definition) is 1. The van der Waals surface area contributed by atoms with Gasteiger partial charge in [-0.2, -0.15) is 0 Å². The third-order valence-corrected chi connectivity index (χ3v) is 4.35. The first kappa shape index (κ1) is 13.4. The minimum Gasteiger partial charge on any atom is -0.381 e. The number of nitrogens with one attached hydrogen (secondary N) is 1. The highest BCUT2D eigenvalue weighted by molar-refractivity contribution is 5.90. The van der Waals surface area contributed by atoms with Gasteiger partial charge in [0.15, 0.2) is 0 Å². The monoisotopic (exact) mass is 278 g/mol. The van der Waals surface area contributed by atoms with Crippen LogP contribution in [-0.4, -0.2) is 36.2 Å². The van der Waals surface area contributed by atoms with Crippen LogP contribution in [0.3, 0.4) is 0 Å². The number of ether oxygens (including phenoxy) is 1. The van der Waals surface area contributed by atoms with E-state index in [1.54, 1.807) is 19.2 Å². The lowest BCUT2D eigenvalue weighted by molar-refractivity contribution is 0.0232. The molecule has 2 atom stereocenters. The second kappa shape index (κ2) is 5.40. The molecule has 0 saturated carbocycles. The number of methoxy groups -OCH3 is 1. The number of piperidine rings is 1. The highest BCUT2D eigenvalue weighted by atomic mass is 19.1. The van der Waals surface area contributed by atoms with E-state index in [0.717, 1.165) is 25.7 Å². The molecule has 2 amide bonds. The summed E-state index contributed by atoms with van der Waals surface area (Å²) >= 11 is 0. The van der Waals surface area contributed by atoms with Crippen molar-refractivity contribution in [1.29, 1.82) is 0 Å². The lowest BCUT2D eigenvalue weighted by Gasteiger charge is -2.38. The van der Waals surface area contributed by atoms with E-state index in [2.05, 4.69) is 5.32 Å². The molecule has 5 heteroatoms. The molecule has 2 aliphatic heterocycles. The Balaban J connectivity index is 1.67. The van der Waals surface area contributed by atoms with Gasteiger partial charge < -0.3 is 15.0 Å². The van der Waals surface area contributed by atoms with Crippen LogP contribution >= 0.6 is 0 Å². The molecule has 2 heterocycles. The van der Waals surface area contributed by atoms with Crippen LogP contribution in [0.15, 0.2) is 24.3 Å². The van der Waals surface area contributed by atoms with Crippen molar-refractivity contribution in [2.75, 3.05) is 12.4 Å². The summed E-state index contributed by atoms with van der Waals surface area (Å²) in [5.74, 6) is -0.302. The molecule has 0 aliphatic carbocycles. The molecule has 1 aromatic rings. The van der Waals surface area contributed by atoms with Crippen molar-refractivity contribution in [1.82, 2.24) is 4.90 Å². The zero-order valence-corrected chi connectivity index (χ0v) is 11.5. The first-order valence-electron chi connectivity index (χ1n) is 7.05. The molecule has 0 radical (unpaired) electrons. The van der Waals surface area contributed by atoms with Gasteiger partial charge in [-0.1, -0.05) is 0 Å². The molecule has 108 valence electrons. The number of urea groups is 1.